The lowest BCUT2D eigenvalue weighted by molar-refractivity contribution is 0.321. The molecule has 1 atom stereocenters. The summed E-state index contributed by atoms with van der Waals surface area (Å²) >= 11 is 0. The van der Waals surface area contributed by atoms with Crippen LogP contribution < -0.4 is 20.8 Å². The van der Waals surface area contributed by atoms with Crippen LogP contribution in [-0.4, -0.2) is 53.9 Å². The van der Waals surface area contributed by atoms with Crippen LogP contribution in [0.5, 0.6) is 5.75 Å². The molecule has 0 bridgehead atoms. The number of ether oxygens (including phenoxy) is 1. The van der Waals surface area contributed by atoms with E-state index in [4.69, 9.17) is 4.74 Å². The van der Waals surface area contributed by atoms with Crippen molar-refractivity contribution in [2.24, 2.45) is 0 Å². The number of pyridine rings is 1. The lowest BCUT2D eigenvalue weighted by atomic mass is 9.79. The van der Waals surface area contributed by atoms with Crippen molar-refractivity contribution in [2.75, 3.05) is 44.7 Å². The van der Waals surface area contributed by atoms with Gasteiger partial charge in [0.1, 0.15) is 35.8 Å². The fourth-order valence-electron chi connectivity index (χ4n) is 5.35. The summed E-state index contributed by atoms with van der Waals surface area (Å²) in [5.74, 6) is 2.23. The van der Waals surface area contributed by atoms with Crippen LogP contribution in [0.25, 0.3) is 0 Å². The molecule has 1 unspecified atom stereocenters. The molecule has 2 N–H and O–H groups in total. The Morgan fingerprint density at radius 3 is 2.73 bits per heavy atom. The molecule has 5 rings (SSSR count). The van der Waals surface area contributed by atoms with Gasteiger partial charge in [0, 0.05) is 12.2 Å². The highest BCUT2D eigenvalue weighted by Gasteiger charge is 2.27. The highest BCUT2D eigenvalue weighted by molar-refractivity contribution is 7.70. The van der Waals surface area contributed by atoms with Crippen LogP contribution in [0.3, 0.4) is 0 Å². The summed E-state index contributed by atoms with van der Waals surface area (Å²) in [4.78, 5) is 15.9. The summed E-state index contributed by atoms with van der Waals surface area (Å²) in [6.07, 6.45) is 6.27. The molecule has 1 aliphatic carbocycles. The van der Waals surface area contributed by atoms with Gasteiger partial charge >= 0.3 is 0 Å². The highest BCUT2D eigenvalue weighted by atomic mass is 31.2. The maximum absolute atomic E-state index is 12.7. The smallest absolute Gasteiger partial charge is 0.229 e. The van der Waals surface area contributed by atoms with E-state index in [0.717, 1.165) is 25.2 Å². The van der Waals surface area contributed by atoms with Crippen molar-refractivity contribution in [1.82, 2.24) is 19.9 Å². The van der Waals surface area contributed by atoms with Gasteiger partial charge in [-0.05, 0) is 99.5 Å². The molecule has 0 saturated carbocycles. The summed E-state index contributed by atoms with van der Waals surface area (Å²) in [7, 11) is 1.01. The van der Waals surface area contributed by atoms with E-state index in [1.807, 2.05) is 0 Å². The number of hydrogen-bond acceptors (Lipinski definition) is 9. The van der Waals surface area contributed by atoms with Crippen LogP contribution in [-0.2, 0) is 17.5 Å². The lowest BCUT2D eigenvalue weighted by Crippen LogP contribution is -2.17. The second-order valence-electron chi connectivity index (χ2n) is 10.2. The fourth-order valence-corrected chi connectivity index (χ4v) is 6.40. The minimum atomic E-state index is -2.69. The zero-order valence-electron chi connectivity index (χ0n) is 21.7. The van der Waals surface area contributed by atoms with Gasteiger partial charge in [-0.2, -0.15) is 10.2 Å². The molecule has 192 valence electrons. The van der Waals surface area contributed by atoms with E-state index in [2.05, 4.69) is 55.7 Å². The zero-order chi connectivity index (χ0) is 26.2. The number of nitriles is 1. The Morgan fingerprint density at radius 2 is 1.97 bits per heavy atom. The molecule has 0 spiro atoms. The van der Waals surface area contributed by atoms with Gasteiger partial charge in [0.15, 0.2) is 5.82 Å². The number of nitrogens with one attached hydrogen (secondary N) is 2. The number of rotatable bonds is 6. The van der Waals surface area contributed by atoms with Crippen LogP contribution in [0.2, 0.25) is 0 Å². The van der Waals surface area contributed by atoms with E-state index < -0.39 is 7.14 Å². The molecule has 2 aliphatic rings. The third kappa shape index (κ3) is 5.31. The molecule has 3 aromatic rings. The summed E-state index contributed by atoms with van der Waals surface area (Å²) in [6.45, 7) is 5.33. The van der Waals surface area contributed by atoms with Crippen molar-refractivity contribution in [1.29, 1.82) is 5.26 Å². The van der Waals surface area contributed by atoms with Crippen LogP contribution in [0.15, 0.2) is 30.5 Å². The SMILES string of the molecule is COc1ccc(Nc2nc(Nc3cc4c5c(c3)CN(C)CCC5CCC4)ncc2C#N)nc1P(C)(C)=O. The van der Waals surface area contributed by atoms with Gasteiger partial charge in [0.05, 0.1) is 13.3 Å². The van der Waals surface area contributed by atoms with Crippen molar-refractivity contribution in [2.45, 2.75) is 38.1 Å². The number of aryl methyl sites for hydroxylation is 1. The maximum Gasteiger partial charge on any atom is 0.229 e. The van der Waals surface area contributed by atoms with E-state index in [1.165, 1.54) is 49.3 Å². The number of methoxy groups -OCH3 is 1. The molecule has 0 radical (unpaired) electrons. The molecule has 0 amide bonds. The van der Waals surface area contributed by atoms with Crippen molar-refractivity contribution >= 4 is 35.8 Å². The first-order valence-electron chi connectivity index (χ1n) is 12.5. The van der Waals surface area contributed by atoms with E-state index in [1.54, 1.807) is 25.5 Å². The monoisotopic (exact) mass is 517 g/mol. The molecule has 0 fully saturated rings. The topological polar surface area (TPSA) is 116 Å². The summed E-state index contributed by atoms with van der Waals surface area (Å²) < 4.78 is 18.1. The number of aromatic nitrogens is 3. The van der Waals surface area contributed by atoms with Crippen LogP contribution in [0.4, 0.5) is 23.3 Å². The van der Waals surface area contributed by atoms with Crippen molar-refractivity contribution in [3.63, 3.8) is 0 Å². The number of anilines is 4. The molecular formula is C27H32N7O2P. The first kappa shape index (κ1) is 25.2. The van der Waals surface area contributed by atoms with Gasteiger partial charge in [0.25, 0.3) is 0 Å². The third-order valence-electron chi connectivity index (χ3n) is 7.04. The minimum absolute atomic E-state index is 0.280. The van der Waals surface area contributed by atoms with Gasteiger partial charge < -0.3 is 24.8 Å². The quantitative estimate of drug-likeness (QED) is 0.447. The molecule has 37 heavy (non-hydrogen) atoms. The average molecular weight is 518 g/mol. The number of benzene rings is 1. The fraction of sp³-hybridized carbons (Fsp3) is 0.407. The van der Waals surface area contributed by atoms with Crippen molar-refractivity contribution < 1.29 is 9.30 Å². The van der Waals surface area contributed by atoms with Gasteiger partial charge in [-0.15, -0.1) is 0 Å². The van der Waals surface area contributed by atoms with E-state index >= 15 is 0 Å². The first-order valence-corrected chi connectivity index (χ1v) is 15.1. The molecule has 9 nitrogen and oxygen atoms in total. The summed E-state index contributed by atoms with van der Waals surface area (Å²) in [5.41, 5.74) is 5.93. The van der Waals surface area contributed by atoms with Gasteiger partial charge in [-0.1, -0.05) is 0 Å². The predicted octanol–water partition coefficient (Wildman–Crippen LogP) is 4.74. The Bertz CT molecular complexity index is 1430. The van der Waals surface area contributed by atoms with Crippen LogP contribution in [0.1, 0.15) is 47.4 Å². The maximum atomic E-state index is 12.7. The summed E-state index contributed by atoms with van der Waals surface area (Å²) in [5, 5.41) is 16.1. The summed E-state index contributed by atoms with van der Waals surface area (Å²) in [6, 6.07) is 9.98. The second-order valence-corrected chi connectivity index (χ2v) is 13.3. The Labute approximate surface area is 217 Å². The van der Waals surface area contributed by atoms with E-state index in [0.29, 0.717) is 34.7 Å². The lowest BCUT2D eigenvalue weighted by Gasteiger charge is -2.27. The molecule has 3 heterocycles. The van der Waals surface area contributed by atoms with E-state index in [9.17, 15) is 9.83 Å². The normalized spacial score (nSPS) is 17.3. The molecule has 0 saturated heterocycles. The zero-order valence-corrected chi connectivity index (χ0v) is 22.6. The van der Waals surface area contributed by atoms with Crippen molar-refractivity contribution in [3.8, 4) is 11.8 Å². The molecule has 2 aromatic heterocycles. The van der Waals surface area contributed by atoms with E-state index in [-0.39, 0.29) is 5.56 Å². The van der Waals surface area contributed by atoms with Gasteiger partial charge in [0.2, 0.25) is 5.95 Å². The Kier molecular flexibility index (Phi) is 6.89. The Hall–Kier alpha value is -3.47. The highest BCUT2D eigenvalue weighted by Crippen LogP contribution is 2.41. The van der Waals surface area contributed by atoms with Crippen LogP contribution in [0, 0.1) is 11.3 Å². The Morgan fingerprint density at radius 1 is 1.16 bits per heavy atom. The van der Waals surface area contributed by atoms with Crippen molar-refractivity contribution in [3.05, 3.63) is 52.7 Å². The molecule has 1 aromatic carbocycles. The molecular weight excluding hydrogens is 485 g/mol. The minimum Gasteiger partial charge on any atom is -0.494 e. The molecule has 1 aliphatic heterocycles. The third-order valence-corrected chi connectivity index (χ3v) is 8.38. The second kappa shape index (κ2) is 10.1. The van der Waals surface area contributed by atoms with Gasteiger partial charge in [-0.3, -0.25) is 0 Å². The number of hydrogen-bond donors (Lipinski definition) is 2. The number of nitrogens with zero attached hydrogens (tertiary/aromatic N) is 5. The Balaban J connectivity index is 1.46. The van der Waals surface area contributed by atoms with Gasteiger partial charge in [-0.25, -0.2) is 9.97 Å². The largest absolute Gasteiger partial charge is 0.494 e. The average Bonchev–Trinajstić information content (AvgIpc) is 3.03. The predicted molar refractivity (Wildman–Crippen MR) is 146 cm³/mol. The standard InChI is InChI=1S/C27H32N7O2P/c1-34-11-10-17-6-5-7-18-12-21(13-19(16-34)24(17)18)30-27-29-15-20(14-28)25(33-27)31-23-9-8-22(36-2)26(32-23)37(3,4)35/h8-9,12-13,15,17H,5-7,10-11,16H2,1-4H3,(H2,29,30,31,32,33). The molecule has 10 heteroatoms. The van der Waals surface area contributed by atoms with Crippen LogP contribution >= 0.6 is 7.14 Å². The first-order chi connectivity index (χ1) is 17.7.